The van der Waals surface area contributed by atoms with Crippen LogP contribution in [-0.4, -0.2) is 55.5 Å². The van der Waals surface area contributed by atoms with Crippen molar-refractivity contribution in [1.29, 1.82) is 0 Å². The van der Waals surface area contributed by atoms with Crippen molar-refractivity contribution < 1.29 is 19.1 Å². The van der Waals surface area contributed by atoms with Crippen LogP contribution in [0, 0.1) is 11.8 Å². The van der Waals surface area contributed by atoms with E-state index in [0.717, 1.165) is 57.3 Å². The van der Waals surface area contributed by atoms with Crippen LogP contribution in [0.5, 0.6) is 0 Å². The maximum atomic E-state index is 13.1. The first-order chi connectivity index (χ1) is 15.6. The molecular formula is C25H38ClN3O4. The molecule has 33 heavy (non-hydrogen) atoms. The molecule has 8 heteroatoms. The van der Waals surface area contributed by atoms with Crippen molar-refractivity contribution in [2.75, 3.05) is 32.8 Å². The van der Waals surface area contributed by atoms with Gasteiger partial charge in [0.25, 0.3) is 0 Å². The van der Waals surface area contributed by atoms with E-state index in [0.29, 0.717) is 25.5 Å². The number of hydrogen-bond acceptors (Lipinski definition) is 5. The van der Waals surface area contributed by atoms with Crippen LogP contribution in [0.25, 0.3) is 0 Å². The van der Waals surface area contributed by atoms with E-state index in [1.165, 1.54) is 0 Å². The Balaban J connectivity index is 0.00000385. The van der Waals surface area contributed by atoms with E-state index in [1.54, 1.807) is 6.92 Å². The van der Waals surface area contributed by atoms with Gasteiger partial charge in [-0.3, -0.25) is 14.4 Å². The highest BCUT2D eigenvalue weighted by molar-refractivity contribution is 5.85. The highest BCUT2D eigenvalue weighted by atomic mass is 35.5. The van der Waals surface area contributed by atoms with Gasteiger partial charge in [-0.15, -0.1) is 12.4 Å². The fourth-order valence-electron chi connectivity index (χ4n) is 4.69. The van der Waals surface area contributed by atoms with E-state index in [1.807, 2.05) is 35.2 Å². The van der Waals surface area contributed by atoms with Gasteiger partial charge in [0.1, 0.15) is 0 Å². The molecule has 0 saturated carbocycles. The molecule has 0 bridgehead atoms. The van der Waals surface area contributed by atoms with Gasteiger partial charge < -0.3 is 20.3 Å². The second-order valence-corrected chi connectivity index (χ2v) is 8.89. The summed E-state index contributed by atoms with van der Waals surface area (Å²) in [6.45, 7) is 5.34. The largest absolute Gasteiger partial charge is 0.466 e. The molecule has 1 aromatic rings. The first-order valence-corrected chi connectivity index (χ1v) is 12.1. The number of nitrogens with zero attached hydrogens (tertiary/aromatic N) is 1. The average Bonchev–Trinajstić information content (AvgIpc) is 2.83. The minimum atomic E-state index is -0.436. The van der Waals surface area contributed by atoms with Crippen LogP contribution < -0.4 is 10.6 Å². The Bertz CT molecular complexity index is 755. The molecule has 0 spiro atoms. The SMILES string of the molecule is CCOC(=O)C[C@H](NC(=O)[C@@H]1CCCN(C(=O)CCC2CCNCC2)C1)c1ccccc1.Cl. The minimum absolute atomic E-state index is 0. The van der Waals surface area contributed by atoms with Crippen LogP contribution in [0.4, 0.5) is 0 Å². The Labute approximate surface area is 203 Å². The summed E-state index contributed by atoms with van der Waals surface area (Å²) in [5.41, 5.74) is 0.875. The van der Waals surface area contributed by atoms with Crippen LogP contribution >= 0.6 is 12.4 Å². The number of carbonyl (C=O) groups excluding carboxylic acids is 3. The maximum Gasteiger partial charge on any atom is 0.308 e. The number of ether oxygens (including phenoxy) is 1. The summed E-state index contributed by atoms with van der Waals surface area (Å²) in [4.78, 5) is 39.8. The normalized spacial score (nSPS) is 19.8. The molecular weight excluding hydrogens is 442 g/mol. The lowest BCUT2D eigenvalue weighted by molar-refractivity contribution is -0.144. The number of hydrogen-bond donors (Lipinski definition) is 2. The van der Waals surface area contributed by atoms with E-state index < -0.39 is 6.04 Å². The number of rotatable bonds is 9. The van der Waals surface area contributed by atoms with E-state index in [9.17, 15) is 14.4 Å². The smallest absolute Gasteiger partial charge is 0.308 e. The van der Waals surface area contributed by atoms with Gasteiger partial charge in [-0.2, -0.15) is 0 Å². The number of likely N-dealkylation sites (tertiary alicyclic amines) is 1. The van der Waals surface area contributed by atoms with E-state index >= 15 is 0 Å². The lowest BCUT2D eigenvalue weighted by atomic mass is 9.92. The van der Waals surface area contributed by atoms with Gasteiger partial charge in [0, 0.05) is 19.5 Å². The Morgan fingerprint density at radius 3 is 2.58 bits per heavy atom. The number of halogens is 1. The van der Waals surface area contributed by atoms with Crippen LogP contribution in [-0.2, 0) is 19.1 Å². The van der Waals surface area contributed by atoms with Crippen molar-refractivity contribution in [3.8, 4) is 0 Å². The number of amides is 2. The standard InChI is InChI=1S/C25H37N3O4.ClH/c1-2-32-24(30)17-22(20-7-4-3-5-8-20)27-25(31)21-9-6-16-28(18-21)23(29)11-10-19-12-14-26-15-13-19;/h3-5,7-8,19,21-22,26H,2,6,9-18H2,1H3,(H,27,31);1H/t21-,22+;/m1./s1. The summed E-state index contributed by atoms with van der Waals surface area (Å²) in [5, 5.41) is 6.41. The predicted molar refractivity (Wildman–Crippen MR) is 130 cm³/mol. The monoisotopic (exact) mass is 479 g/mol. The van der Waals surface area contributed by atoms with Gasteiger partial charge in [-0.1, -0.05) is 30.3 Å². The van der Waals surface area contributed by atoms with Crippen LogP contribution in [0.2, 0.25) is 0 Å². The van der Waals surface area contributed by atoms with Gasteiger partial charge in [-0.25, -0.2) is 0 Å². The zero-order chi connectivity index (χ0) is 22.8. The Hall–Kier alpha value is -2.12. The molecule has 2 aliphatic rings. The topological polar surface area (TPSA) is 87.7 Å². The first-order valence-electron chi connectivity index (χ1n) is 12.1. The van der Waals surface area contributed by atoms with Gasteiger partial charge >= 0.3 is 5.97 Å². The van der Waals surface area contributed by atoms with Gasteiger partial charge in [0.2, 0.25) is 11.8 Å². The number of esters is 1. The average molecular weight is 480 g/mol. The molecule has 3 rings (SSSR count). The number of carbonyl (C=O) groups is 3. The van der Waals surface area contributed by atoms with Crippen molar-refractivity contribution >= 4 is 30.2 Å². The van der Waals surface area contributed by atoms with Gasteiger partial charge in [0.05, 0.1) is 25.0 Å². The molecule has 7 nitrogen and oxygen atoms in total. The fourth-order valence-corrected chi connectivity index (χ4v) is 4.69. The predicted octanol–water partition coefficient (Wildman–Crippen LogP) is 3.24. The molecule has 0 radical (unpaired) electrons. The molecule has 0 aliphatic carbocycles. The van der Waals surface area contributed by atoms with E-state index in [-0.39, 0.29) is 42.5 Å². The highest BCUT2D eigenvalue weighted by Crippen LogP contribution is 2.23. The summed E-state index contributed by atoms with van der Waals surface area (Å²) >= 11 is 0. The zero-order valence-corrected chi connectivity index (χ0v) is 20.4. The summed E-state index contributed by atoms with van der Waals surface area (Å²) in [6.07, 6.45) is 5.45. The minimum Gasteiger partial charge on any atom is -0.466 e. The molecule has 2 saturated heterocycles. The third kappa shape index (κ3) is 8.63. The Morgan fingerprint density at radius 1 is 1.15 bits per heavy atom. The van der Waals surface area contributed by atoms with Crippen molar-refractivity contribution in [3.05, 3.63) is 35.9 Å². The third-order valence-corrected chi connectivity index (χ3v) is 6.56. The number of nitrogens with one attached hydrogen (secondary N) is 2. The summed E-state index contributed by atoms with van der Waals surface area (Å²) in [5.74, 6) is 0.102. The quantitative estimate of drug-likeness (QED) is 0.531. The van der Waals surface area contributed by atoms with Crippen LogP contribution in [0.15, 0.2) is 30.3 Å². The van der Waals surface area contributed by atoms with Gasteiger partial charge in [0.15, 0.2) is 0 Å². The van der Waals surface area contributed by atoms with Crippen LogP contribution in [0.3, 0.4) is 0 Å². The van der Waals surface area contributed by atoms with Crippen molar-refractivity contribution in [1.82, 2.24) is 15.5 Å². The van der Waals surface area contributed by atoms with E-state index in [2.05, 4.69) is 10.6 Å². The third-order valence-electron chi connectivity index (χ3n) is 6.56. The molecule has 2 aliphatic heterocycles. The van der Waals surface area contributed by atoms with Crippen molar-refractivity contribution in [2.24, 2.45) is 11.8 Å². The second-order valence-electron chi connectivity index (χ2n) is 8.89. The molecule has 0 unspecified atom stereocenters. The number of piperidine rings is 2. The highest BCUT2D eigenvalue weighted by Gasteiger charge is 2.30. The summed E-state index contributed by atoms with van der Waals surface area (Å²) in [7, 11) is 0. The maximum absolute atomic E-state index is 13.1. The molecule has 2 heterocycles. The lowest BCUT2D eigenvalue weighted by Crippen LogP contribution is -2.46. The zero-order valence-electron chi connectivity index (χ0n) is 19.6. The second kappa shape index (κ2) is 14.2. The lowest BCUT2D eigenvalue weighted by Gasteiger charge is -2.33. The molecule has 2 fully saturated rings. The van der Waals surface area contributed by atoms with Crippen LogP contribution in [0.1, 0.15) is 63.5 Å². The van der Waals surface area contributed by atoms with E-state index in [4.69, 9.17) is 4.74 Å². The number of benzene rings is 1. The molecule has 2 N–H and O–H groups in total. The van der Waals surface area contributed by atoms with Crippen molar-refractivity contribution in [2.45, 2.75) is 57.9 Å². The molecule has 2 amide bonds. The summed E-state index contributed by atoms with van der Waals surface area (Å²) < 4.78 is 5.10. The summed E-state index contributed by atoms with van der Waals surface area (Å²) in [6, 6.07) is 9.06. The van der Waals surface area contributed by atoms with Gasteiger partial charge in [-0.05, 0) is 63.6 Å². The molecule has 184 valence electrons. The Kier molecular flexibility index (Phi) is 11.7. The fraction of sp³-hybridized carbons (Fsp3) is 0.640. The Morgan fingerprint density at radius 2 is 1.88 bits per heavy atom. The first kappa shape index (κ1) is 27.1. The molecule has 1 aromatic carbocycles. The van der Waals surface area contributed by atoms with Crippen molar-refractivity contribution in [3.63, 3.8) is 0 Å². The molecule has 2 atom stereocenters. The molecule has 0 aromatic heterocycles.